The molecule has 106 valence electrons. The zero-order valence-corrected chi connectivity index (χ0v) is 11.4. The predicted molar refractivity (Wildman–Crippen MR) is 81.6 cm³/mol. The highest BCUT2D eigenvalue weighted by Gasteiger charge is 2.13. The number of hydrogen-bond acceptors (Lipinski definition) is 4. The Morgan fingerprint density at radius 3 is 2.64 bits per heavy atom. The Hall–Kier alpha value is -3.39. The van der Waals surface area contributed by atoms with Crippen LogP contribution in [0.15, 0.2) is 64.0 Å². The first kappa shape index (κ1) is 13.6. The molecule has 0 saturated heterocycles. The molecule has 5 nitrogen and oxygen atoms in total. The van der Waals surface area contributed by atoms with Crippen molar-refractivity contribution < 1.29 is 9.21 Å². The standard InChI is InChI=1S/C17H10N2O3/c18-9-11-4-3-5-12(8-11)19-16(20)15-10-22-17(21)14-7-2-1-6-13(14)15/h1-8,10H,(H,19,20). The molecule has 1 N–H and O–H groups in total. The van der Waals surface area contributed by atoms with E-state index in [0.717, 1.165) is 6.26 Å². The Morgan fingerprint density at radius 2 is 1.86 bits per heavy atom. The van der Waals surface area contributed by atoms with Crippen LogP contribution in [0.2, 0.25) is 0 Å². The number of hydrogen-bond donors (Lipinski definition) is 1. The molecule has 0 aliphatic heterocycles. The molecule has 1 aromatic heterocycles. The zero-order chi connectivity index (χ0) is 15.5. The van der Waals surface area contributed by atoms with Crippen LogP contribution in [0.5, 0.6) is 0 Å². The highest BCUT2D eigenvalue weighted by atomic mass is 16.4. The molecule has 1 heterocycles. The maximum Gasteiger partial charge on any atom is 0.343 e. The Morgan fingerprint density at radius 1 is 1.09 bits per heavy atom. The van der Waals surface area contributed by atoms with Gasteiger partial charge in [-0.1, -0.05) is 24.3 Å². The number of fused-ring (bicyclic) bond motifs is 1. The second kappa shape index (κ2) is 5.54. The van der Waals surface area contributed by atoms with E-state index >= 15 is 0 Å². The average Bonchev–Trinajstić information content (AvgIpc) is 2.55. The smallest absolute Gasteiger partial charge is 0.343 e. The van der Waals surface area contributed by atoms with E-state index in [0.29, 0.717) is 22.0 Å². The van der Waals surface area contributed by atoms with Crippen molar-refractivity contribution in [3.05, 3.63) is 76.3 Å². The number of rotatable bonds is 2. The van der Waals surface area contributed by atoms with E-state index < -0.39 is 11.5 Å². The largest absolute Gasteiger partial charge is 0.430 e. The fourth-order valence-electron chi connectivity index (χ4n) is 2.18. The minimum absolute atomic E-state index is 0.262. The van der Waals surface area contributed by atoms with Crippen molar-refractivity contribution in [2.45, 2.75) is 0 Å². The molecule has 0 aliphatic rings. The molecule has 0 saturated carbocycles. The van der Waals surface area contributed by atoms with Crippen LogP contribution in [0.3, 0.4) is 0 Å². The van der Waals surface area contributed by atoms with Crippen molar-refractivity contribution >= 4 is 22.4 Å². The first-order valence-corrected chi connectivity index (χ1v) is 6.51. The minimum Gasteiger partial charge on any atom is -0.430 e. The third-order valence-electron chi connectivity index (χ3n) is 3.22. The maximum atomic E-state index is 12.4. The summed E-state index contributed by atoms with van der Waals surface area (Å²) in [7, 11) is 0. The van der Waals surface area contributed by atoms with Crippen LogP contribution >= 0.6 is 0 Å². The van der Waals surface area contributed by atoms with Gasteiger partial charge in [-0.25, -0.2) is 4.79 Å². The van der Waals surface area contributed by atoms with E-state index in [4.69, 9.17) is 9.68 Å². The van der Waals surface area contributed by atoms with Gasteiger partial charge in [-0.05, 0) is 24.3 Å². The summed E-state index contributed by atoms with van der Waals surface area (Å²) in [5.74, 6) is -0.407. The van der Waals surface area contributed by atoms with Crippen LogP contribution in [0.4, 0.5) is 5.69 Å². The summed E-state index contributed by atoms with van der Waals surface area (Å²) in [5.41, 5.74) is 0.720. The number of nitrogens with zero attached hydrogens (tertiary/aromatic N) is 1. The lowest BCUT2D eigenvalue weighted by molar-refractivity contribution is 0.102. The van der Waals surface area contributed by atoms with Gasteiger partial charge >= 0.3 is 5.63 Å². The number of carbonyl (C=O) groups excluding carboxylic acids is 1. The monoisotopic (exact) mass is 290 g/mol. The number of anilines is 1. The van der Waals surface area contributed by atoms with E-state index in [9.17, 15) is 9.59 Å². The molecular formula is C17H10N2O3. The van der Waals surface area contributed by atoms with Gasteiger partial charge in [-0.3, -0.25) is 4.79 Å². The van der Waals surface area contributed by atoms with Gasteiger partial charge in [0.1, 0.15) is 6.26 Å². The summed E-state index contributed by atoms with van der Waals surface area (Å²) in [5, 5.41) is 12.4. The highest BCUT2D eigenvalue weighted by molar-refractivity contribution is 6.12. The molecule has 0 fully saturated rings. The summed E-state index contributed by atoms with van der Waals surface area (Å²) in [4.78, 5) is 24.0. The van der Waals surface area contributed by atoms with Gasteiger partial charge in [0.25, 0.3) is 5.91 Å². The molecule has 1 amide bonds. The maximum absolute atomic E-state index is 12.4. The molecule has 22 heavy (non-hydrogen) atoms. The van der Waals surface area contributed by atoms with E-state index in [1.165, 1.54) is 0 Å². The molecular weight excluding hydrogens is 280 g/mol. The van der Waals surface area contributed by atoms with Crippen LogP contribution in [0, 0.1) is 11.3 Å². The minimum atomic E-state index is -0.487. The second-order valence-corrected chi connectivity index (χ2v) is 4.63. The lowest BCUT2D eigenvalue weighted by Gasteiger charge is -2.07. The Kier molecular flexibility index (Phi) is 3.42. The SMILES string of the molecule is N#Cc1cccc(NC(=O)c2coc(=O)c3ccccc23)c1. The first-order chi connectivity index (χ1) is 10.7. The van der Waals surface area contributed by atoms with E-state index in [-0.39, 0.29) is 5.56 Å². The van der Waals surface area contributed by atoms with Gasteiger partial charge < -0.3 is 9.73 Å². The summed E-state index contributed by atoms with van der Waals surface area (Å²) in [6, 6.07) is 15.3. The van der Waals surface area contributed by atoms with Gasteiger partial charge in [0.05, 0.1) is 22.6 Å². The Labute approximate surface area is 125 Å². The van der Waals surface area contributed by atoms with E-state index in [2.05, 4.69) is 5.32 Å². The Balaban J connectivity index is 2.01. The molecule has 3 aromatic rings. The fourth-order valence-corrected chi connectivity index (χ4v) is 2.18. The van der Waals surface area contributed by atoms with Crippen LogP contribution < -0.4 is 10.9 Å². The van der Waals surface area contributed by atoms with Crippen LogP contribution in [0.25, 0.3) is 10.8 Å². The molecule has 0 bridgehead atoms. The molecule has 0 radical (unpaired) electrons. The van der Waals surface area contributed by atoms with Gasteiger partial charge in [-0.15, -0.1) is 0 Å². The molecule has 0 unspecified atom stereocenters. The van der Waals surface area contributed by atoms with E-state index in [1.807, 2.05) is 6.07 Å². The fraction of sp³-hybridized carbons (Fsp3) is 0. The van der Waals surface area contributed by atoms with Crippen molar-refractivity contribution in [2.24, 2.45) is 0 Å². The van der Waals surface area contributed by atoms with Crippen molar-refractivity contribution in [2.75, 3.05) is 5.32 Å². The number of nitrogens with one attached hydrogen (secondary N) is 1. The number of amides is 1. The molecule has 3 rings (SSSR count). The summed E-state index contributed by atoms with van der Waals surface area (Å²) in [6.07, 6.45) is 1.15. The van der Waals surface area contributed by atoms with Crippen molar-refractivity contribution in [1.29, 1.82) is 5.26 Å². The van der Waals surface area contributed by atoms with Crippen LogP contribution in [-0.2, 0) is 0 Å². The summed E-state index contributed by atoms with van der Waals surface area (Å²) < 4.78 is 4.91. The molecule has 5 heteroatoms. The normalized spacial score (nSPS) is 10.1. The van der Waals surface area contributed by atoms with Gasteiger partial charge in [0, 0.05) is 11.1 Å². The van der Waals surface area contributed by atoms with Gasteiger partial charge in [0.2, 0.25) is 0 Å². The highest BCUT2D eigenvalue weighted by Crippen LogP contribution is 2.17. The summed E-state index contributed by atoms with van der Waals surface area (Å²) in [6.45, 7) is 0. The Bertz CT molecular complexity index is 967. The number of benzene rings is 2. The van der Waals surface area contributed by atoms with Crippen molar-refractivity contribution in [3.63, 3.8) is 0 Å². The third-order valence-corrected chi connectivity index (χ3v) is 3.22. The van der Waals surface area contributed by atoms with Gasteiger partial charge in [0.15, 0.2) is 0 Å². The molecule has 2 aromatic carbocycles. The average molecular weight is 290 g/mol. The first-order valence-electron chi connectivity index (χ1n) is 6.51. The zero-order valence-electron chi connectivity index (χ0n) is 11.4. The quantitative estimate of drug-likeness (QED) is 0.786. The van der Waals surface area contributed by atoms with Crippen LogP contribution in [0.1, 0.15) is 15.9 Å². The number of carbonyl (C=O) groups is 1. The molecule has 0 aliphatic carbocycles. The predicted octanol–water partition coefficient (Wildman–Crippen LogP) is 2.92. The topological polar surface area (TPSA) is 83.1 Å². The molecule has 0 spiro atoms. The van der Waals surface area contributed by atoms with Crippen molar-refractivity contribution in [3.8, 4) is 6.07 Å². The third kappa shape index (κ3) is 2.45. The van der Waals surface area contributed by atoms with E-state index in [1.54, 1.807) is 48.5 Å². The van der Waals surface area contributed by atoms with Crippen molar-refractivity contribution in [1.82, 2.24) is 0 Å². The van der Waals surface area contributed by atoms with Gasteiger partial charge in [-0.2, -0.15) is 5.26 Å². The summed E-state index contributed by atoms with van der Waals surface area (Å²) >= 11 is 0. The lowest BCUT2D eigenvalue weighted by Crippen LogP contribution is -2.14. The second-order valence-electron chi connectivity index (χ2n) is 4.63. The number of nitriles is 1. The lowest BCUT2D eigenvalue weighted by atomic mass is 10.1. The molecule has 0 atom stereocenters. The van der Waals surface area contributed by atoms with Crippen LogP contribution in [-0.4, -0.2) is 5.91 Å².